The molecule has 0 aliphatic carbocycles. The molecule has 3 aromatic carbocycles. The number of halogens is 1. The maximum Gasteiger partial charge on any atom is 0.254 e. The molecule has 3 aromatic rings. The maximum atomic E-state index is 14.6. The summed E-state index contributed by atoms with van der Waals surface area (Å²) in [6.45, 7) is 3.73. The lowest BCUT2D eigenvalue weighted by molar-refractivity contribution is -0.146. The standard InChI is InChI=1S/C32H36FN3O6/c1-3-42-24-12-7-11-22(15-24)18-34-31(40)27-17-23(33)19-36(27)32(41)29(38)26(16-21-9-5-4-6-10-21)35-30(39)25-13-8-14-28(37)20(25)2/h4-15,23,26-27,29,37-38H,3,16-19H2,1-2H3,(H,34,40)(H,35,39)/t23-,26-,27-,29?/m0/s1. The zero-order valence-corrected chi connectivity index (χ0v) is 23.6. The maximum absolute atomic E-state index is 14.6. The minimum Gasteiger partial charge on any atom is -0.508 e. The number of carbonyl (C=O) groups is 3. The van der Waals surface area contributed by atoms with Crippen molar-refractivity contribution in [2.24, 2.45) is 0 Å². The van der Waals surface area contributed by atoms with Gasteiger partial charge in [-0.15, -0.1) is 0 Å². The Morgan fingerprint density at radius 3 is 2.50 bits per heavy atom. The number of carbonyl (C=O) groups excluding carboxylic acids is 3. The van der Waals surface area contributed by atoms with E-state index in [2.05, 4.69) is 10.6 Å². The number of aliphatic hydroxyl groups excluding tert-OH is 1. The van der Waals surface area contributed by atoms with E-state index in [-0.39, 0.29) is 37.2 Å². The molecule has 1 aliphatic heterocycles. The van der Waals surface area contributed by atoms with Crippen LogP contribution in [0.2, 0.25) is 0 Å². The second-order valence-electron chi connectivity index (χ2n) is 10.3. The van der Waals surface area contributed by atoms with Gasteiger partial charge in [-0.3, -0.25) is 14.4 Å². The molecule has 222 valence electrons. The molecule has 42 heavy (non-hydrogen) atoms. The number of aromatic hydroxyl groups is 1. The topological polar surface area (TPSA) is 128 Å². The average Bonchev–Trinajstić information content (AvgIpc) is 3.38. The van der Waals surface area contributed by atoms with E-state index in [4.69, 9.17) is 4.74 Å². The number of amides is 3. The number of rotatable bonds is 11. The SMILES string of the molecule is CCOc1cccc(CNC(=O)[C@@H]2C[C@H](F)CN2C(=O)C(O)[C@H](Cc2ccccc2)NC(=O)c2cccc(O)c2C)c1. The fraction of sp³-hybridized carbons (Fsp3) is 0.344. The number of hydrogen-bond acceptors (Lipinski definition) is 6. The Kier molecular flexibility index (Phi) is 10.1. The van der Waals surface area contributed by atoms with Crippen LogP contribution in [0.3, 0.4) is 0 Å². The molecule has 4 rings (SSSR count). The van der Waals surface area contributed by atoms with Gasteiger partial charge >= 0.3 is 0 Å². The summed E-state index contributed by atoms with van der Waals surface area (Å²) < 4.78 is 20.1. The molecular weight excluding hydrogens is 541 g/mol. The molecule has 0 saturated carbocycles. The number of aliphatic hydroxyl groups is 1. The van der Waals surface area contributed by atoms with Crippen LogP contribution in [0.1, 0.15) is 40.4 Å². The van der Waals surface area contributed by atoms with Crippen LogP contribution < -0.4 is 15.4 Å². The van der Waals surface area contributed by atoms with Crippen LogP contribution in [0.15, 0.2) is 72.8 Å². The third kappa shape index (κ3) is 7.44. The van der Waals surface area contributed by atoms with Crippen molar-refractivity contribution in [1.82, 2.24) is 15.5 Å². The Bertz CT molecular complexity index is 1400. The van der Waals surface area contributed by atoms with Gasteiger partial charge in [0.2, 0.25) is 5.91 Å². The van der Waals surface area contributed by atoms with Gasteiger partial charge in [-0.1, -0.05) is 48.5 Å². The minimum atomic E-state index is -1.77. The summed E-state index contributed by atoms with van der Waals surface area (Å²) in [6, 6.07) is 18.5. The first-order chi connectivity index (χ1) is 20.2. The molecule has 10 heteroatoms. The fourth-order valence-corrected chi connectivity index (χ4v) is 5.06. The van der Waals surface area contributed by atoms with Gasteiger partial charge in [-0.25, -0.2) is 4.39 Å². The predicted molar refractivity (Wildman–Crippen MR) is 155 cm³/mol. The monoisotopic (exact) mass is 577 g/mol. The molecule has 0 aromatic heterocycles. The normalized spacial score (nSPS) is 17.8. The van der Waals surface area contributed by atoms with E-state index in [0.717, 1.165) is 16.0 Å². The second kappa shape index (κ2) is 14.0. The van der Waals surface area contributed by atoms with E-state index in [1.807, 2.05) is 19.1 Å². The van der Waals surface area contributed by atoms with Crippen molar-refractivity contribution < 1.29 is 33.7 Å². The van der Waals surface area contributed by atoms with E-state index in [1.165, 1.54) is 18.2 Å². The summed E-state index contributed by atoms with van der Waals surface area (Å²) in [6.07, 6.45) is -3.33. The lowest BCUT2D eigenvalue weighted by Crippen LogP contribution is -2.55. The lowest BCUT2D eigenvalue weighted by Gasteiger charge is -2.30. The molecular formula is C32H36FN3O6. The molecule has 9 nitrogen and oxygen atoms in total. The third-order valence-electron chi connectivity index (χ3n) is 7.31. The van der Waals surface area contributed by atoms with E-state index in [0.29, 0.717) is 17.9 Å². The van der Waals surface area contributed by atoms with Gasteiger partial charge in [0.25, 0.3) is 11.8 Å². The molecule has 1 saturated heterocycles. The molecule has 0 spiro atoms. The first-order valence-corrected chi connectivity index (χ1v) is 13.9. The van der Waals surface area contributed by atoms with Crippen LogP contribution in [-0.4, -0.2) is 70.3 Å². The second-order valence-corrected chi connectivity index (χ2v) is 10.3. The van der Waals surface area contributed by atoms with Crippen LogP contribution in [-0.2, 0) is 22.6 Å². The summed E-state index contributed by atoms with van der Waals surface area (Å²) in [5.41, 5.74) is 2.05. The summed E-state index contributed by atoms with van der Waals surface area (Å²) >= 11 is 0. The van der Waals surface area contributed by atoms with Gasteiger partial charge in [-0.05, 0) is 55.7 Å². The van der Waals surface area contributed by atoms with Crippen LogP contribution in [0.25, 0.3) is 0 Å². The number of phenolic OH excluding ortho intramolecular Hbond substituents is 1. The Balaban J connectivity index is 1.50. The Morgan fingerprint density at radius 2 is 1.76 bits per heavy atom. The van der Waals surface area contributed by atoms with E-state index in [9.17, 15) is 29.0 Å². The number of phenols is 1. The summed E-state index contributed by atoms with van der Waals surface area (Å²) in [4.78, 5) is 40.9. The largest absolute Gasteiger partial charge is 0.508 e. The zero-order chi connectivity index (χ0) is 30.2. The van der Waals surface area contributed by atoms with Crippen LogP contribution in [0.4, 0.5) is 4.39 Å². The highest BCUT2D eigenvalue weighted by atomic mass is 19.1. The Labute approximate surface area is 244 Å². The van der Waals surface area contributed by atoms with Gasteiger partial charge in [0.1, 0.15) is 23.7 Å². The summed E-state index contributed by atoms with van der Waals surface area (Å²) in [5.74, 6) is -1.41. The number of alkyl halides is 1. The molecule has 4 atom stereocenters. The molecule has 1 unspecified atom stereocenters. The van der Waals surface area contributed by atoms with Crippen molar-refractivity contribution in [3.63, 3.8) is 0 Å². The average molecular weight is 578 g/mol. The Hall–Kier alpha value is -4.44. The molecule has 4 N–H and O–H groups in total. The van der Waals surface area contributed by atoms with Crippen molar-refractivity contribution in [2.75, 3.05) is 13.2 Å². The highest BCUT2D eigenvalue weighted by Gasteiger charge is 2.43. The van der Waals surface area contributed by atoms with Gasteiger partial charge < -0.3 is 30.5 Å². The summed E-state index contributed by atoms with van der Waals surface area (Å²) in [5, 5.41) is 26.8. The van der Waals surface area contributed by atoms with Crippen LogP contribution in [0, 0.1) is 6.92 Å². The molecule has 1 aliphatic rings. The number of benzene rings is 3. The Morgan fingerprint density at radius 1 is 1.05 bits per heavy atom. The van der Waals surface area contributed by atoms with Crippen molar-refractivity contribution in [1.29, 1.82) is 0 Å². The lowest BCUT2D eigenvalue weighted by atomic mass is 9.98. The molecule has 0 radical (unpaired) electrons. The number of nitrogens with zero attached hydrogens (tertiary/aromatic N) is 1. The van der Waals surface area contributed by atoms with Gasteiger partial charge in [0.15, 0.2) is 6.10 Å². The van der Waals surface area contributed by atoms with Crippen LogP contribution in [0.5, 0.6) is 11.5 Å². The van der Waals surface area contributed by atoms with E-state index < -0.39 is 42.1 Å². The number of likely N-dealkylation sites (tertiary alicyclic amines) is 1. The third-order valence-corrected chi connectivity index (χ3v) is 7.31. The summed E-state index contributed by atoms with van der Waals surface area (Å²) in [7, 11) is 0. The quantitative estimate of drug-likeness (QED) is 0.277. The molecule has 0 bridgehead atoms. The molecule has 3 amide bonds. The number of ether oxygens (including phenoxy) is 1. The zero-order valence-electron chi connectivity index (χ0n) is 23.6. The van der Waals surface area contributed by atoms with Crippen molar-refractivity contribution in [3.05, 3.63) is 95.1 Å². The van der Waals surface area contributed by atoms with Gasteiger partial charge in [0.05, 0.1) is 19.2 Å². The van der Waals surface area contributed by atoms with Crippen molar-refractivity contribution in [3.8, 4) is 11.5 Å². The van der Waals surface area contributed by atoms with Crippen molar-refractivity contribution in [2.45, 2.75) is 57.6 Å². The van der Waals surface area contributed by atoms with Crippen molar-refractivity contribution >= 4 is 17.7 Å². The first-order valence-electron chi connectivity index (χ1n) is 13.9. The fourth-order valence-electron chi connectivity index (χ4n) is 5.06. The first kappa shape index (κ1) is 30.5. The number of nitrogens with one attached hydrogen (secondary N) is 2. The molecule has 1 fully saturated rings. The van der Waals surface area contributed by atoms with Crippen LogP contribution >= 0.6 is 0 Å². The number of hydrogen-bond donors (Lipinski definition) is 4. The van der Waals surface area contributed by atoms with Gasteiger partial charge in [-0.2, -0.15) is 0 Å². The van der Waals surface area contributed by atoms with E-state index in [1.54, 1.807) is 49.4 Å². The smallest absolute Gasteiger partial charge is 0.254 e. The van der Waals surface area contributed by atoms with E-state index >= 15 is 0 Å². The predicted octanol–water partition coefficient (Wildman–Crippen LogP) is 3.06. The minimum absolute atomic E-state index is 0.0663. The highest BCUT2D eigenvalue weighted by Crippen LogP contribution is 2.24. The molecule has 1 heterocycles. The van der Waals surface area contributed by atoms with Gasteiger partial charge in [0, 0.05) is 24.1 Å². The highest BCUT2D eigenvalue weighted by molar-refractivity contribution is 5.97.